The number of nitrogens with one attached hydrogen (secondary N) is 3. The Hall–Kier alpha value is -5.51. The van der Waals surface area contributed by atoms with Gasteiger partial charge < -0.3 is 31.3 Å². The van der Waals surface area contributed by atoms with E-state index in [2.05, 4.69) is 30.9 Å². The molecule has 0 bridgehead atoms. The average molecular weight is 741 g/mol. The number of amides is 3. The molecule has 2 aliphatic carbocycles. The van der Waals surface area contributed by atoms with Gasteiger partial charge in [0.25, 0.3) is 5.91 Å². The predicted molar refractivity (Wildman–Crippen MR) is 184 cm³/mol. The van der Waals surface area contributed by atoms with Crippen LogP contribution < -0.4 is 31.3 Å². The normalized spacial score (nSPS) is 17.6. The monoisotopic (exact) mass is 740 g/mol. The van der Waals surface area contributed by atoms with Crippen LogP contribution in [-0.2, 0) is 15.1 Å². The average Bonchev–Trinajstić information content (AvgIpc) is 3.75. The second-order valence-electron chi connectivity index (χ2n) is 12.6. The lowest BCUT2D eigenvalue weighted by molar-refractivity contribution is -0.154. The third kappa shape index (κ3) is 9.04. The second kappa shape index (κ2) is 15.0. The van der Waals surface area contributed by atoms with Gasteiger partial charge in [-0.2, -0.15) is 28.1 Å². The minimum atomic E-state index is -4.62. The van der Waals surface area contributed by atoms with Crippen LogP contribution in [0.1, 0.15) is 48.0 Å². The zero-order chi connectivity index (χ0) is 37.0. The Bertz CT molecular complexity index is 1930. The molecule has 2 saturated carbocycles. The molecule has 4 aromatic rings. The van der Waals surface area contributed by atoms with Gasteiger partial charge in [-0.25, -0.2) is 4.39 Å². The Morgan fingerprint density at radius 2 is 1.60 bits per heavy atom. The smallest absolute Gasteiger partial charge is 0.422 e. The third-order valence-electron chi connectivity index (χ3n) is 8.87. The molecule has 17 heteroatoms. The fraction of sp³-hybridized carbons (Fsp3) is 0.314. The summed E-state index contributed by atoms with van der Waals surface area (Å²) < 4.78 is 57.3. The number of alkyl halides is 3. The molecule has 2 unspecified atom stereocenters. The summed E-state index contributed by atoms with van der Waals surface area (Å²) in [6, 6.07) is 17.7. The van der Waals surface area contributed by atoms with E-state index in [1.54, 1.807) is 36.4 Å². The van der Waals surface area contributed by atoms with Crippen molar-refractivity contribution in [3.05, 3.63) is 94.8 Å². The van der Waals surface area contributed by atoms with Crippen LogP contribution in [0.2, 0.25) is 5.02 Å². The standard InChI is InChI=1S/C35H33ClF4N8O4/c36-23-8-6-22(7-9-23)34(16-17-34)47-32-44-31(45-33(46-32)52-19-35(38,39)40)42-25-12-4-20(5-13-25)29(50)43-27-3-1-2-21(27)18-48(30(51)28(41)49)26-14-10-24(37)11-15-26/h4-15,21,27H,1-3,16-19H2,(H2,41,49)(H,43,50)(H2,42,44,45,46,47). The molecule has 3 aromatic carbocycles. The molecule has 12 nitrogen and oxygen atoms in total. The molecule has 2 atom stereocenters. The van der Waals surface area contributed by atoms with Crippen molar-refractivity contribution in [3.63, 3.8) is 0 Å². The van der Waals surface area contributed by atoms with Gasteiger partial charge in [-0.05, 0) is 97.8 Å². The SMILES string of the molecule is NC(=O)C(=O)N(CC1CCCC1NC(=O)c1ccc(Nc2nc(NC3(c4ccc(Cl)cc4)CC3)nc(OCC(F)(F)F)n2)cc1)c1ccc(F)cc1. The van der Waals surface area contributed by atoms with Gasteiger partial charge in [0.15, 0.2) is 6.61 Å². The maximum atomic E-state index is 13.5. The molecule has 0 saturated heterocycles. The molecule has 1 heterocycles. The van der Waals surface area contributed by atoms with Crippen molar-refractivity contribution in [1.82, 2.24) is 20.3 Å². The van der Waals surface area contributed by atoms with Crippen molar-refractivity contribution < 1.29 is 36.7 Å². The fourth-order valence-corrected chi connectivity index (χ4v) is 6.22. The van der Waals surface area contributed by atoms with E-state index in [9.17, 15) is 31.9 Å². The van der Waals surface area contributed by atoms with E-state index in [0.29, 0.717) is 34.8 Å². The first-order chi connectivity index (χ1) is 24.8. The van der Waals surface area contributed by atoms with Gasteiger partial charge >= 0.3 is 24.0 Å². The lowest BCUT2D eigenvalue weighted by Gasteiger charge is -2.28. The molecule has 0 spiro atoms. The summed E-state index contributed by atoms with van der Waals surface area (Å²) in [5, 5.41) is 9.70. The number of ether oxygens (including phenoxy) is 1. The molecule has 0 radical (unpaired) electrons. The number of carbonyl (C=O) groups is 3. The molecule has 1 aromatic heterocycles. The van der Waals surface area contributed by atoms with Crippen LogP contribution >= 0.6 is 11.6 Å². The first-order valence-corrected chi connectivity index (χ1v) is 16.7. The van der Waals surface area contributed by atoms with Crippen molar-refractivity contribution in [1.29, 1.82) is 0 Å². The highest BCUT2D eigenvalue weighted by Gasteiger charge is 2.45. The third-order valence-corrected chi connectivity index (χ3v) is 9.12. The zero-order valence-electron chi connectivity index (χ0n) is 27.4. The van der Waals surface area contributed by atoms with E-state index in [4.69, 9.17) is 22.1 Å². The maximum absolute atomic E-state index is 13.5. The quantitative estimate of drug-likeness (QED) is 0.103. The number of nitrogens with zero attached hydrogens (tertiary/aromatic N) is 4. The molecule has 52 heavy (non-hydrogen) atoms. The van der Waals surface area contributed by atoms with Crippen molar-refractivity contribution in [2.24, 2.45) is 11.7 Å². The van der Waals surface area contributed by atoms with Gasteiger partial charge in [-0.15, -0.1) is 0 Å². The molecule has 2 aliphatic rings. The number of nitrogens with two attached hydrogens (primary N) is 1. The molecule has 3 amide bonds. The first-order valence-electron chi connectivity index (χ1n) is 16.3. The highest BCUT2D eigenvalue weighted by atomic mass is 35.5. The summed E-state index contributed by atoms with van der Waals surface area (Å²) in [6.45, 7) is -1.52. The molecule has 2 fully saturated rings. The number of halogens is 5. The maximum Gasteiger partial charge on any atom is 0.422 e. The van der Waals surface area contributed by atoms with E-state index in [1.807, 2.05) is 12.1 Å². The molecule has 5 N–H and O–H groups in total. The van der Waals surface area contributed by atoms with E-state index in [1.165, 1.54) is 29.2 Å². The summed E-state index contributed by atoms with van der Waals surface area (Å²) >= 11 is 6.03. The summed E-state index contributed by atoms with van der Waals surface area (Å²) in [5.41, 5.74) is 6.70. The Morgan fingerprint density at radius 1 is 0.923 bits per heavy atom. The summed E-state index contributed by atoms with van der Waals surface area (Å²) in [6.07, 6.45) is -1.11. The summed E-state index contributed by atoms with van der Waals surface area (Å²) in [4.78, 5) is 51.4. The first kappa shape index (κ1) is 36.3. The second-order valence-corrected chi connectivity index (χ2v) is 13.0. The van der Waals surface area contributed by atoms with E-state index < -0.39 is 42.0 Å². The molecule has 0 aliphatic heterocycles. The van der Waals surface area contributed by atoms with E-state index >= 15 is 0 Å². The van der Waals surface area contributed by atoms with E-state index in [-0.39, 0.29) is 36.3 Å². The number of aromatic nitrogens is 3. The molecule has 272 valence electrons. The number of rotatable bonds is 12. The highest BCUT2D eigenvalue weighted by molar-refractivity contribution is 6.39. The highest BCUT2D eigenvalue weighted by Crippen LogP contribution is 2.48. The Labute approximate surface area is 300 Å². The predicted octanol–water partition coefficient (Wildman–Crippen LogP) is 5.87. The number of benzene rings is 3. The van der Waals surface area contributed by atoms with Crippen LogP contribution in [0.25, 0.3) is 0 Å². The van der Waals surface area contributed by atoms with Crippen LogP contribution in [0.4, 0.5) is 40.8 Å². The van der Waals surface area contributed by atoms with Gasteiger partial charge in [0.05, 0.1) is 5.54 Å². The number of anilines is 4. The molecular weight excluding hydrogens is 708 g/mol. The summed E-state index contributed by atoms with van der Waals surface area (Å²) in [5.74, 6) is -3.30. The van der Waals surface area contributed by atoms with Crippen molar-refractivity contribution >= 4 is 52.6 Å². The van der Waals surface area contributed by atoms with Gasteiger partial charge in [0.2, 0.25) is 11.9 Å². The van der Waals surface area contributed by atoms with Crippen molar-refractivity contribution in [2.75, 3.05) is 28.7 Å². The largest absolute Gasteiger partial charge is 0.454 e. The molecular formula is C35H33ClF4N8O4. The van der Waals surface area contributed by atoms with Gasteiger partial charge in [0, 0.05) is 34.5 Å². The Kier molecular flexibility index (Phi) is 10.5. The number of hydrogen-bond acceptors (Lipinski definition) is 9. The number of primary amides is 1. The Balaban J connectivity index is 1.13. The topological polar surface area (TPSA) is 164 Å². The lowest BCUT2D eigenvalue weighted by Crippen LogP contribution is -2.47. The van der Waals surface area contributed by atoms with Gasteiger partial charge in [-0.3, -0.25) is 14.4 Å². The van der Waals surface area contributed by atoms with Crippen molar-refractivity contribution in [3.8, 4) is 6.01 Å². The van der Waals surface area contributed by atoms with Crippen LogP contribution in [-0.4, -0.2) is 58.0 Å². The van der Waals surface area contributed by atoms with Gasteiger partial charge in [-0.1, -0.05) is 30.2 Å². The van der Waals surface area contributed by atoms with Crippen LogP contribution in [0.15, 0.2) is 72.8 Å². The van der Waals surface area contributed by atoms with Crippen molar-refractivity contribution in [2.45, 2.75) is 49.9 Å². The number of hydrogen-bond donors (Lipinski definition) is 4. The fourth-order valence-electron chi connectivity index (χ4n) is 6.10. The van der Waals surface area contributed by atoms with Gasteiger partial charge in [0.1, 0.15) is 5.82 Å². The van der Waals surface area contributed by atoms with Crippen LogP contribution in [0.5, 0.6) is 6.01 Å². The minimum Gasteiger partial charge on any atom is -0.454 e. The lowest BCUT2D eigenvalue weighted by atomic mass is 10.0. The van der Waals surface area contributed by atoms with E-state index in [0.717, 1.165) is 24.8 Å². The number of carbonyl (C=O) groups excluding carboxylic acids is 3. The molecule has 6 rings (SSSR count). The zero-order valence-corrected chi connectivity index (χ0v) is 28.2. The Morgan fingerprint density at radius 3 is 2.23 bits per heavy atom. The minimum absolute atomic E-state index is 0.000220. The van der Waals surface area contributed by atoms with Crippen LogP contribution in [0.3, 0.4) is 0 Å². The summed E-state index contributed by atoms with van der Waals surface area (Å²) in [7, 11) is 0. The van der Waals surface area contributed by atoms with Crippen LogP contribution in [0, 0.1) is 11.7 Å².